The van der Waals surface area contributed by atoms with Crippen LogP contribution in [0.4, 0.5) is 0 Å². The molecule has 12 heavy (non-hydrogen) atoms. The Morgan fingerprint density at radius 3 is 2.25 bits per heavy atom. The SMILES string of the molecule is [B]B=BB=BB=BB=S(#B)OC. The number of hydrogen-bond acceptors (Lipinski definition) is 1. The Bertz CT molecular complexity index is 306. The van der Waals surface area contributed by atoms with E-state index in [0.29, 0.717) is 0 Å². The van der Waals surface area contributed by atoms with Gasteiger partial charge >= 0.3 is 81.6 Å². The monoisotopic (exact) mass is 162 g/mol. The van der Waals surface area contributed by atoms with E-state index in [1.54, 1.807) is 19.8 Å². The Kier molecular flexibility index (Phi) is 10.5. The van der Waals surface area contributed by atoms with Crippen LogP contribution >= 0.6 is 9.84 Å². The van der Waals surface area contributed by atoms with E-state index < -0.39 is 9.84 Å². The van der Waals surface area contributed by atoms with Crippen molar-refractivity contribution in [1.82, 2.24) is 0 Å². The molecule has 0 rings (SSSR count). The molecule has 0 bridgehead atoms. The van der Waals surface area contributed by atoms with Crippen molar-refractivity contribution >= 4 is 70.3 Å². The van der Waals surface area contributed by atoms with Gasteiger partial charge in [-0.15, -0.1) is 0 Å². The summed E-state index contributed by atoms with van der Waals surface area (Å²) in [5.74, 6) is 0. The fraction of sp³-hybridized carbons (Fsp3) is 1.00. The topological polar surface area (TPSA) is 9.23 Å². The van der Waals surface area contributed by atoms with Gasteiger partial charge in [0.2, 0.25) is 0 Å². The first-order chi connectivity index (χ1) is 5.81. The Hall–Kier alpha value is 0.764. The number of hydrogen-bond donors (Lipinski definition) is 0. The van der Waals surface area contributed by atoms with Crippen LogP contribution in [0.1, 0.15) is 0 Å². The molecule has 11 heteroatoms. The van der Waals surface area contributed by atoms with E-state index in [4.69, 9.17) is 18.5 Å². The molecule has 0 spiro atoms. The Balaban J connectivity index is 3.88. The molecule has 1 nitrogen and oxygen atoms in total. The van der Waals surface area contributed by atoms with Crippen molar-refractivity contribution in [3.8, 4) is 0 Å². The van der Waals surface area contributed by atoms with Gasteiger partial charge in [-0.2, -0.15) is 0 Å². The van der Waals surface area contributed by atoms with Gasteiger partial charge in [0.05, 0.1) is 0 Å². The van der Waals surface area contributed by atoms with Crippen LogP contribution < -0.4 is 0 Å². The van der Waals surface area contributed by atoms with Crippen LogP contribution in [-0.4, -0.2) is 67.6 Å². The average molecular weight is 160 g/mol. The van der Waals surface area contributed by atoms with Crippen LogP contribution in [-0.2, 0) is 4.18 Å². The quantitative estimate of drug-likeness (QED) is 0.409. The molecule has 0 aliphatic rings. The van der Waals surface area contributed by atoms with E-state index in [0.717, 1.165) is 0 Å². The van der Waals surface area contributed by atoms with E-state index in [-0.39, 0.29) is 0 Å². The molecule has 46 valence electrons. The fourth-order valence-electron chi connectivity index (χ4n) is 0.435. The van der Waals surface area contributed by atoms with Crippen molar-refractivity contribution in [3.05, 3.63) is 0 Å². The van der Waals surface area contributed by atoms with Gasteiger partial charge in [0.25, 0.3) is 0 Å². The van der Waals surface area contributed by atoms with Crippen LogP contribution in [0.5, 0.6) is 0 Å². The van der Waals surface area contributed by atoms with Crippen molar-refractivity contribution in [3.63, 3.8) is 0 Å². The van der Waals surface area contributed by atoms with Crippen molar-refractivity contribution in [2.24, 2.45) is 0 Å². The molecule has 0 saturated heterocycles. The van der Waals surface area contributed by atoms with E-state index in [2.05, 4.69) is 0 Å². The van der Waals surface area contributed by atoms with Crippen molar-refractivity contribution < 1.29 is 4.18 Å². The van der Waals surface area contributed by atoms with E-state index in [1.165, 1.54) is 6.69 Å². The molecule has 0 saturated carbocycles. The summed E-state index contributed by atoms with van der Waals surface area (Å²) >= 11 is 0. The van der Waals surface area contributed by atoms with Gasteiger partial charge in [0.15, 0.2) is 0 Å². The first kappa shape index (κ1) is 12.8. The molecule has 0 aliphatic heterocycles. The Morgan fingerprint density at radius 1 is 1.08 bits per heavy atom. The summed E-state index contributed by atoms with van der Waals surface area (Å²) in [6.07, 6.45) is 0. The molecule has 0 amide bonds. The van der Waals surface area contributed by atoms with Gasteiger partial charge < -0.3 is 0 Å². The molecule has 0 aliphatic carbocycles. The van der Waals surface area contributed by atoms with Gasteiger partial charge in [0, 0.05) is 0 Å². The Labute approximate surface area is 81.8 Å². The average Bonchev–Trinajstić information content (AvgIpc) is 2.10. The van der Waals surface area contributed by atoms with Crippen LogP contribution in [0.25, 0.3) is 0 Å². The van der Waals surface area contributed by atoms with E-state index in [9.17, 15) is 0 Å². The summed E-state index contributed by atoms with van der Waals surface area (Å²) in [5, 5.41) is 0. The standard InChI is InChI=1S/CH3B9OS/c1-11-12(3)10-9-8-7-6-5-4-2/h1H3. The van der Waals surface area contributed by atoms with Crippen LogP contribution in [0, 0.1) is 0 Å². The maximum atomic E-state index is 5.45. The zero-order valence-electron chi connectivity index (χ0n) is 7.01. The minimum absolute atomic E-state index is 0.573. The molecule has 0 fully saturated rings. The minimum atomic E-state index is -0.573. The van der Waals surface area contributed by atoms with Crippen molar-refractivity contribution in [2.75, 3.05) is 7.11 Å². The second-order valence-corrected chi connectivity index (χ2v) is 3.05. The summed E-state index contributed by atoms with van der Waals surface area (Å²) in [4.78, 5) is 0. The third-order valence-electron chi connectivity index (χ3n) is 0.961. The summed E-state index contributed by atoms with van der Waals surface area (Å²) in [5.41, 5.74) is 0. The van der Waals surface area contributed by atoms with Gasteiger partial charge in [-0.25, -0.2) is 0 Å². The first-order valence-corrected chi connectivity index (χ1v) is 4.66. The molecular weight excluding hydrogens is 157 g/mol. The number of rotatable bonds is 3. The molecule has 0 atom stereocenters. The van der Waals surface area contributed by atoms with Crippen molar-refractivity contribution in [1.29, 1.82) is 0 Å². The van der Waals surface area contributed by atoms with Gasteiger partial charge in [0.1, 0.15) is 0 Å². The van der Waals surface area contributed by atoms with Crippen LogP contribution in [0.15, 0.2) is 0 Å². The summed E-state index contributed by atoms with van der Waals surface area (Å²) in [6.45, 7) is 16.0. The normalized spacial score (nSPS) is 9.42. The van der Waals surface area contributed by atoms with Crippen LogP contribution in [0.2, 0.25) is 0 Å². The third-order valence-corrected chi connectivity index (χ3v) is 1.77. The first-order valence-electron chi connectivity index (χ1n) is 3.38. The molecule has 0 aromatic carbocycles. The van der Waals surface area contributed by atoms with E-state index in [1.807, 2.05) is 26.8 Å². The molecule has 2 radical (unpaired) electrons. The molecule has 0 aromatic heterocycles. The predicted octanol–water partition coefficient (Wildman–Crippen LogP) is -2.68. The molecule has 0 heterocycles. The predicted molar refractivity (Wildman–Crippen MR) is 66.4 cm³/mol. The molecule has 0 aromatic rings. The fourth-order valence-corrected chi connectivity index (χ4v) is 0.792. The molecule has 0 unspecified atom stereocenters. The molecular formula is CH3B9OS. The Morgan fingerprint density at radius 2 is 1.67 bits per heavy atom. The van der Waals surface area contributed by atoms with Gasteiger partial charge in [-0.3, -0.25) is 0 Å². The zero-order valence-corrected chi connectivity index (χ0v) is 7.83. The van der Waals surface area contributed by atoms with Crippen molar-refractivity contribution in [2.45, 2.75) is 0 Å². The second kappa shape index (κ2) is 9.85. The van der Waals surface area contributed by atoms with Crippen LogP contribution in [0.3, 0.4) is 0 Å². The summed E-state index contributed by atoms with van der Waals surface area (Å²) in [6, 6.07) is 1.77. The third kappa shape index (κ3) is 8.86. The van der Waals surface area contributed by atoms with E-state index >= 15 is 0 Å². The second-order valence-electron chi connectivity index (χ2n) is 1.79. The summed E-state index contributed by atoms with van der Waals surface area (Å²) < 4.78 is 4.82. The van der Waals surface area contributed by atoms with Gasteiger partial charge in [-0.05, 0) is 0 Å². The maximum absolute atomic E-state index is 5.45. The molecule has 0 N–H and O–H groups in total. The zero-order chi connectivity index (χ0) is 9.23. The summed E-state index contributed by atoms with van der Waals surface area (Å²) in [7, 11) is 6.11. The van der Waals surface area contributed by atoms with Gasteiger partial charge in [-0.1, -0.05) is 0 Å².